The SMILES string of the molecule is CC(N)c1ccc(OCc2c(F)cccc2Cl)c(F)c1. The molecule has 1 unspecified atom stereocenters. The van der Waals surface area contributed by atoms with E-state index in [1.165, 1.54) is 24.3 Å². The molecule has 2 rings (SSSR count). The van der Waals surface area contributed by atoms with Crippen LogP contribution in [0.2, 0.25) is 5.02 Å². The fraction of sp³-hybridized carbons (Fsp3) is 0.200. The van der Waals surface area contributed by atoms with E-state index < -0.39 is 11.6 Å². The summed E-state index contributed by atoms with van der Waals surface area (Å²) in [4.78, 5) is 0. The van der Waals surface area contributed by atoms with Gasteiger partial charge in [0.25, 0.3) is 0 Å². The Labute approximate surface area is 121 Å². The van der Waals surface area contributed by atoms with Crippen LogP contribution in [0.15, 0.2) is 36.4 Å². The molecule has 0 saturated carbocycles. The minimum Gasteiger partial charge on any atom is -0.486 e. The van der Waals surface area contributed by atoms with E-state index in [1.54, 1.807) is 19.1 Å². The normalized spacial score (nSPS) is 12.2. The Morgan fingerprint density at radius 3 is 2.55 bits per heavy atom. The van der Waals surface area contributed by atoms with Crippen LogP contribution in [0.5, 0.6) is 5.75 Å². The van der Waals surface area contributed by atoms with Gasteiger partial charge in [-0.25, -0.2) is 8.78 Å². The number of benzene rings is 2. The molecule has 5 heteroatoms. The molecular weight excluding hydrogens is 284 g/mol. The predicted molar refractivity (Wildman–Crippen MR) is 74.7 cm³/mol. The number of nitrogens with two attached hydrogens (primary N) is 1. The zero-order valence-corrected chi connectivity index (χ0v) is 11.6. The quantitative estimate of drug-likeness (QED) is 0.917. The summed E-state index contributed by atoms with van der Waals surface area (Å²) in [5, 5.41) is 0.248. The molecule has 0 saturated heterocycles. The van der Waals surface area contributed by atoms with Gasteiger partial charge in [0, 0.05) is 11.6 Å². The van der Waals surface area contributed by atoms with Crippen LogP contribution in [0.4, 0.5) is 8.78 Å². The molecule has 0 heterocycles. The van der Waals surface area contributed by atoms with Crippen molar-refractivity contribution < 1.29 is 13.5 Å². The van der Waals surface area contributed by atoms with Crippen molar-refractivity contribution in [2.45, 2.75) is 19.6 Å². The second kappa shape index (κ2) is 6.20. The number of rotatable bonds is 4. The zero-order chi connectivity index (χ0) is 14.7. The van der Waals surface area contributed by atoms with Gasteiger partial charge in [-0.2, -0.15) is 0 Å². The molecule has 20 heavy (non-hydrogen) atoms. The van der Waals surface area contributed by atoms with Gasteiger partial charge in [0.05, 0.1) is 5.02 Å². The first-order valence-corrected chi connectivity index (χ1v) is 6.47. The molecule has 0 radical (unpaired) electrons. The van der Waals surface area contributed by atoms with E-state index in [2.05, 4.69) is 0 Å². The standard InChI is InChI=1S/C15H14ClF2NO/c1-9(19)10-5-6-15(14(18)7-10)20-8-11-12(16)3-2-4-13(11)17/h2-7,9H,8,19H2,1H3. The third kappa shape index (κ3) is 3.26. The van der Waals surface area contributed by atoms with E-state index in [4.69, 9.17) is 22.1 Å². The van der Waals surface area contributed by atoms with Crippen molar-refractivity contribution in [1.82, 2.24) is 0 Å². The molecule has 1 atom stereocenters. The minimum atomic E-state index is -0.535. The molecule has 106 valence electrons. The van der Waals surface area contributed by atoms with Gasteiger partial charge in [-0.05, 0) is 36.8 Å². The third-order valence-corrected chi connectivity index (χ3v) is 3.27. The van der Waals surface area contributed by atoms with E-state index >= 15 is 0 Å². The average Bonchev–Trinajstić information content (AvgIpc) is 2.39. The molecule has 0 fully saturated rings. The summed E-state index contributed by atoms with van der Waals surface area (Å²) in [6.07, 6.45) is 0. The Hall–Kier alpha value is -1.65. The Kier molecular flexibility index (Phi) is 4.57. The van der Waals surface area contributed by atoms with Crippen molar-refractivity contribution in [3.05, 3.63) is 64.2 Å². The fourth-order valence-corrected chi connectivity index (χ4v) is 1.96. The van der Waals surface area contributed by atoms with Crippen LogP contribution in [-0.4, -0.2) is 0 Å². The molecule has 0 spiro atoms. The molecule has 2 nitrogen and oxygen atoms in total. The summed E-state index contributed by atoms with van der Waals surface area (Å²) in [5.74, 6) is -0.980. The molecule has 0 bridgehead atoms. The lowest BCUT2D eigenvalue weighted by Crippen LogP contribution is -2.06. The molecule has 0 aliphatic heterocycles. The first-order valence-electron chi connectivity index (χ1n) is 6.09. The number of ether oxygens (including phenoxy) is 1. The maximum absolute atomic E-state index is 13.8. The van der Waals surface area contributed by atoms with E-state index in [-0.39, 0.29) is 29.0 Å². The molecule has 0 aliphatic rings. The Bertz CT molecular complexity index is 597. The smallest absolute Gasteiger partial charge is 0.165 e. The van der Waals surface area contributed by atoms with Crippen LogP contribution in [0.25, 0.3) is 0 Å². The third-order valence-electron chi connectivity index (χ3n) is 2.92. The first-order chi connectivity index (χ1) is 9.49. The Morgan fingerprint density at radius 1 is 1.20 bits per heavy atom. The van der Waals surface area contributed by atoms with Gasteiger partial charge in [-0.1, -0.05) is 23.7 Å². The monoisotopic (exact) mass is 297 g/mol. The van der Waals surface area contributed by atoms with E-state index in [0.29, 0.717) is 5.56 Å². The van der Waals surface area contributed by atoms with Crippen LogP contribution in [-0.2, 0) is 6.61 Å². The van der Waals surface area contributed by atoms with Gasteiger partial charge in [-0.15, -0.1) is 0 Å². The topological polar surface area (TPSA) is 35.2 Å². The zero-order valence-electron chi connectivity index (χ0n) is 10.9. The van der Waals surface area contributed by atoms with Gasteiger partial charge in [0.15, 0.2) is 11.6 Å². The summed E-state index contributed by atoms with van der Waals surface area (Å²) in [5.41, 5.74) is 6.53. The van der Waals surface area contributed by atoms with Gasteiger partial charge in [0.1, 0.15) is 12.4 Å². The fourth-order valence-electron chi connectivity index (χ4n) is 1.74. The van der Waals surface area contributed by atoms with Crippen LogP contribution < -0.4 is 10.5 Å². The molecule has 2 N–H and O–H groups in total. The van der Waals surface area contributed by atoms with Crippen molar-refractivity contribution in [3.8, 4) is 5.75 Å². The summed E-state index contributed by atoms with van der Waals surface area (Å²) in [7, 11) is 0. The molecular formula is C15H14ClF2NO. The predicted octanol–water partition coefficient (Wildman–Crippen LogP) is 4.22. The minimum absolute atomic E-state index is 0.0359. The summed E-state index contributed by atoms with van der Waals surface area (Å²) >= 11 is 5.87. The van der Waals surface area contributed by atoms with Crippen molar-refractivity contribution >= 4 is 11.6 Å². The highest BCUT2D eigenvalue weighted by atomic mass is 35.5. The van der Waals surface area contributed by atoms with Crippen molar-refractivity contribution in [3.63, 3.8) is 0 Å². The van der Waals surface area contributed by atoms with E-state index in [0.717, 1.165) is 0 Å². The lowest BCUT2D eigenvalue weighted by molar-refractivity contribution is 0.284. The number of halogens is 3. The number of hydrogen-bond donors (Lipinski definition) is 1. The molecule has 2 aromatic rings. The second-order valence-electron chi connectivity index (χ2n) is 4.47. The first kappa shape index (κ1) is 14.8. The molecule has 0 amide bonds. The van der Waals surface area contributed by atoms with Gasteiger partial charge < -0.3 is 10.5 Å². The highest BCUT2D eigenvalue weighted by Gasteiger charge is 2.11. The summed E-state index contributed by atoms with van der Waals surface area (Å²) < 4.78 is 32.6. The summed E-state index contributed by atoms with van der Waals surface area (Å²) in [6, 6.07) is 8.52. The van der Waals surface area contributed by atoms with Crippen LogP contribution in [0.1, 0.15) is 24.1 Å². The number of hydrogen-bond acceptors (Lipinski definition) is 2. The van der Waals surface area contributed by atoms with Crippen molar-refractivity contribution in [1.29, 1.82) is 0 Å². The second-order valence-corrected chi connectivity index (χ2v) is 4.87. The van der Waals surface area contributed by atoms with Crippen LogP contribution >= 0.6 is 11.6 Å². The van der Waals surface area contributed by atoms with Crippen molar-refractivity contribution in [2.24, 2.45) is 5.73 Å². The van der Waals surface area contributed by atoms with E-state index in [1.807, 2.05) is 0 Å². The van der Waals surface area contributed by atoms with Gasteiger partial charge >= 0.3 is 0 Å². The summed E-state index contributed by atoms with van der Waals surface area (Å²) in [6.45, 7) is 1.62. The maximum Gasteiger partial charge on any atom is 0.165 e. The molecule has 0 aromatic heterocycles. The van der Waals surface area contributed by atoms with Gasteiger partial charge in [-0.3, -0.25) is 0 Å². The lowest BCUT2D eigenvalue weighted by Gasteiger charge is -2.11. The van der Waals surface area contributed by atoms with Crippen LogP contribution in [0, 0.1) is 11.6 Å². The Balaban J connectivity index is 2.15. The highest BCUT2D eigenvalue weighted by Crippen LogP contribution is 2.24. The molecule has 0 aliphatic carbocycles. The lowest BCUT2D eigenvalue weighted by atomic mass is 10.1. The van der Waals surface area contributed by atoms with E-state index in [9.17, 15) is 8.78 Å². The highest BCUT2D eigenvalue weighted by molar-refractivity contribution is 6.31. The van der Waals surface area contributed by atoms with Crippen molar-refractivity contribution in [2.75, 3.05) is 0 Å². The average molecular weight is 298 g/mol. The van der Waals surface area contributed by atoms with Gasteiger partial charge in [0.2, 0.25) is 0 Å². The largest absolute Gasteiger partial charge is 0.486 e. The maximum atomic E-state index is 13.8. The molecule has 2 aromatic carbocycles. The van der Waals surface area contributed by atoms with Crippen LogP contribution in [0.3, 0.4) is 0 Å². The Morgan fingerprint density at radius 2 is 1.95 bits per heavy atom.